The Morgan fingerprint density at radius 1 is 0.688 bits per heavy atom. The van der Waals surface area contributed by atoms with E-state index in [4.69, 9.17) is 0 Å². The van der Waals surface area contributed by atoms with Crippen LogP contribution in [0.4, 0.5) is 0 Å². The molecule has 0 heterocycles. The van der Waals surface area contributed by atoms with E-state index in [0.717, 1.165) is 19.3 Å². The summed E-state index contributed by atoms with van der Waals surface area (Å²) in [4.78, 5) is 0. The summed E-state index contributed by atoms with van der Waals surface area (Å²) in [6.45, 7) is 4.31. The summed E-state index contributed by atoms with van der Waals surface area (Å²) in [7, 11) is 0. The molecule has 0 aromatic heterocycles. The zero-order valence-electron chi connectivity index (χ0n) is 10.9. The molecule has 0 bridgehead atoms. The maximum Gasteiger partial charge on any atom is -0.0272 e. The van der Waals surface area contributed by atoms with Crippen LogP contribution < -0.4 is 0 Å². The first-order valence-electron chi connectivity index (χ1n) is 6.61. The molecule has 90 valence electrons. The normalized spacial score (nSPS) is 10.9. The number of hydrogen-bond donors (Lipinski definition) is 0. The Hall–Kier alpha value is -1.00. The first-order chi connectivity index (χ1) is 7.91. The van der Waals surface area contributed by atoms with Gasteiger partial charge in [0.05, 0.1) is 0 Å². The summed E-state index contributed by atoms with van der Waals surface area (Å²) < 4.78 is 0. The first-order valence-corrected chi connectivity index (χ1v) is 6.61. The molecule has 0 aliphatic heterocycles. The van der Waals surface area contributed by atoms with Gasteiger partial charge in [-0.1, -0.05) is 38.2 Å². The zero-order chi connectivity index (χ0) is 11.9. The standard InChI is InChI=1S/C16H26/c1-3-5-7-9-11-13-15-16-14-12-10-8-6-4-2/h5-7,10,13,15H,3-4,9,11-12,14,16H2,1-2H3. The molecule has 0 aromatic rings. The minimum absolute atomic E-state index is 1.09. The molecule has 0 aromatic carbocycles. The Kier molecular flexibility index (Phi) is 13.1. The molecule has 0 radical (unpaired) electrons. The Balaban J connectivity index is 3.28. The summed E-state index contributed by atoms with van der Waals surface area (Å²) in [5.74, 6) is 0. The van der Waals surface area contributed by atoms with Gasteiger partial charge in [-0.25, -0.2) is 0 Å². The second kappa shape index (κ2) is 14.0. The van der Waals surface area contributed by atoms with E-state index >= 15 is 0 Å². The van der Waals surface area contributed by atoms with Crippen molar-refractivity contribution in [2.24, 2.45) is 0 Å². The fourth-order valence-corrected chi connectivity index (χ4v) is 1.33. The molecule has 0 saturated heterocycles. The third kappa shape index (κ3) is 13.0. The third-order valence-corrected chi connectivity index (χ3v) is 2.23. The molecule has 0 nitrogen and oxygen atoms in total. The highest BCUT2D eigenvalue weighted by Gasteiger charge is 1.80. The maximum atomic E-state index is 3.18. The fraction of sp³-hybridized carbons (Fsp3) is 0.562. The number of rotatable bonds is 9. The minimum Gasteiger partial charge on any atom is -0.130 e. The van der Waals surface area contributed by atoms with Crippen molar-refractivity contribution in [3.63, 3.8) is 0 Å². The van der Waals surface area contributed by atoms with Crippen LogP contribution in [0.25, 0.3) is 0 Å². The van der Waals surface area contributed by atoms with Gasteiger partial charge in [-0.3, -0.25) is 0 Å². The summed E-state index contributed by atoms with van der Waals surface area (Å²) >= 11 is 0. The van der Waals surface area contributed by atoms with Gasteiger partial charge in [-0.15, -0.1) is 5.73 Å². The molecule has 0 rings (SSSR count). The van der Waals surface area contributed by atoms with E-state index in [0.29, 0.717) is 0 Å². The Morgan fingerprint density at radius 3 is 2.06 bits per heavy atom. The second-order valence-electron chi connectivity index (χ2n) is 3.84. The van der Waals surface area contributed by atoms with Crippen LogP contribution in [0.3, 0.4) is 0 Å². The Labute approximate surface area is 101 Å². The average Bonchev–Trinajstić information content (AvgIpc) is 2.31. The number of unbranched alkanes of at least 4 members (excludes halogenated alkanes) is 3. The van der Waals surface area contributed by atoms with Crippen molar-refractivity contribution < 1.29 is 0 Å². The summed E-state index contributed by atoms with van der Waals surface area (Å²) in [5.41, 5.74) is 3.18. The highest BCUT2D eigenvalue weighted by Crippen LogP contribution is 2.00. The van der Waals surface area contributed by atoms with Crippen LogP contribution in [0.1, 0.15) is 58.8 Å². The lowest BCUT2D eigenvalue weighted by molar-refractivity contribution is 0.863. The van der Waals surface area contributed by atoms with Gasteiger partial charge in [0.2, 0.25) is 0 Å². The van der Waals surface area contributed by atoms with Gasteiger partial charge in [0, 0.05) is 0 Å². The van der Waals surface area contributed by atoms with Crippen LogP contribution in [0.5, 0.6) is 0 Å². The van der Waals surface area contributed by atoms with Gasteiger partial charge in [-0.2, -0.15) is 0 Å². The van der Waals surface area contributed by atoms with E-state index in [-0.39, 0.29) is 0 Å². The predicted octanol–water partition coefficient (Wildman–Crippen LogP) is 5.58. The molecular weight excluding hydrogens is 192 g/mol. The van der Waals surface area contributed by atoms with Gasteiger partial charge in [0.1, 0.15) is 0 Å². The van der Waals surface area contributed by atoms with E-state index in [1.54, 1.807) is 0 Å². The molecule has 0 heteroatoms. The Morgan fingerprint density at radius 2 is 1.38 bits per heavy atom. The van der Waals surface area contributed by atoms with Crippen molar-refractivity contribution in [3.8, 4) is 0 Å². The molecule has 0 atom stereocenters. The molecule has 16 heavy (non-hydrogen) atoms. The van der Waals surface area contributed by atoms with Crippen molar-refractivity contribution in [2.45, 2.75) is 58.8 Å². The van der Waals surface area contributed by atoms with E-state index in [9.17, 15) is 0 Å². The van der Waals surface area contributed by atoms with Crippen LogP contribution >= 0.6 is 0 Å². The molecule has 0 amide bonds. The van der Waals surface area contributed by atoms with Gasteiger partial charge < -0.3 is 0 Å². The van der Waals surface area contributed by atoms with E-state index in [1.807, 2.05) is 0 Å². The van der Waals surface area contributed by atoms with Crippen molar-refractivity contribution in [2.75, 3.05) is 0 Å². The summed E-state index contributed by atoms with van der Waals surface area (Å²) in [5, 5.41) is 0. The van der Waals surface area contributed by atoms with Gasteiger partial charge in [-0.05, 0) is 57.1 Å². The van der Waals surface area contributed by atoms with E-state index in [1.165, 1.54) is 25.7 Å². The largest absolute Gasteiger partial charge is 0.130 e. The zero-order valence-corrected chi connectivity index (χ0v) is 10.9. The minimum atomic E-state index is 1.09. The van der Waals surface area contributed by atoms with Gasteiger partial charge >= 0.3 is 0 Å². The van der Waals surface area contributed by atoms with Gasteiger partial charge in [0.25, 0.3) is 0 Å². The van der Waals surface area contributed by atoms with E-state index in [2.05, 4.69) is 56.0 Å². The molecule has 0 spiro atoms. The lowest BCUT2D eigenvalue weighted by atomic mass is 10.2. The average molecular weight is 218 g/mol. The summed E-state index contributed by atoms with van der Waals surface area (Å²) in [6, 6.07) is 0. The third-order valence-electron chi connectivity index (χ3n) is 2.23. The van der Waals surface area contributed by atoms with Crippen molar-refractivity contribution in [1.29, 1.82) is 0 Å². The monoisotopic (exact) mass is 218 g/mol. The van der Waals surface area contributed by atoms with E-state index < -0.39 is 0 Å². The highest BCUT2D eigenvalue weighted by molar-refractivity contribution is 4.89. The van der Waals surface area contributed by atoms with Crippen molar-refractivity contribution in [1.82, 2.24) is 0 Å². The topological polar surface area (TPSA) is 0 Å². The SMILES string of the molecule is CCC=C=CCCCC=CCCC=CCC. The first kappa shape index (κ1) is 15.0. The molecule has 0 aliphatic carbocycles. The lowest BCUT2D eigenvalue weighted by Crippen LogP contribution is -1.69. The van der Waals surface area contributed by atoms with Crippen LogP contribution in [0.15, 0.2) is 42.2 Å². The van der Waals surface area contributed by atoms with Gasteiger partial charge in [0.15, 0.2) is 0 Å². The van der Waals surface area contributed by atoms with Crippen LogP contribution in [0, 0.1) is 0 Å². The second-order valence-corrected chi connectivity index (χ2v) is 3.84. The molecular formula is C16H26. The predicted molar refractivity (Wildman–Crippen MR) is 74.6 cm³/mol. The molecule has 0 fully saturated rings. The van der Waals surface area contributed by atoms with Crippen molar-refractivity contribution in [3.05, 3.63) is 42.2 Å². The lowest BCUT2D eigenvalue weighted by Gasteiger charge is -1.89. The molecule has 0 unspecified atom stereocenters. The van der Waals surface area contributed by atoms with Crippen LogP contribution in [0.2, 0.25) is 0 Å². The molecule has 0 saturated carbocycles. The quantitative estimate of drug-likeness (QED) is 0.269. The number of hydrogen-bond acceptors (Lipinski definition) is 0. The van der Waals surface area contributed by atoms with Crippen LogP contribution in [-0.2, 0) is 0 Å². The highest BCUT2D eigenvalue weighted by atomic mass is 13.9. The van der Waals surface area contributed by atoms with Crippen molar-refractivity contribution >= 4 is 0 Å². The molecule has 0 aliphatic rings. The number of allylic oxidation sites excluding steroid dienone is 5. The maximum absolute atomic E-state index is 3.18. The molecule has 0 N–H and O–H groups in total. The summed E-state index contributed by atoms with van der Waals surface area (Å²) in [6.07, 6.45) is 21.5. The van der Waals surface area contributed by atoms with Crippen LogP contribution in [-0.4, -0.2) is 0 Å². The smallest absolute Gasteiger partial charge is 0.0272 e. The fourth-order valence-electron chi connectivity index (χ4n) is 1.33. The Bertz CT molecular complexity index is 237.